The van der Waals surface area contributed by atoms with Gasteiger partial charge in [0.1, 0.15) is 0 Å². The maximum Gasteiger partial charge on any atom is 0.387 e. The van der Waals surface area contributed by atoms with Gasteiger partial charge in [0.15, 0.2) is 11.5 Å². The Labute approximate surface area is 159 Å². The van der Waals surface area contributed by atoms with Crippen LogP contribution >= 0.6 is 0 Å². The van der Waals surface area contributed by atoms with Crippen LogP contribution in [0.3, 0.4) is 0 Å². The van der Waals surface area contributed by atoms with Gasteiger partial charge in [-0.2, -0.15) is 25.8 Å². The molecule has 1 heterocycles. The molecule has 27 heavy (non-hydrogen) atoms. The van der Waals surface area contributed by atoms with Crippen molar-refractivity contribution < 1.29 is 31.4 Å². The predicted molar refractivity (Wildman–Crippen MR) is 96.2 cm³/mol. The molecule has 1 saturated heterocycles. The Kier molecular flexibility index (Phi) is 7.38. The summed E-state index contributed by atoms with van der Waals surface area (Å²) in [4.78, 5) is 0. The minimum atomic E-state index is -3.69. The van der Waals surface area contributed by atoms with E-state index in [1.54, 1.807) is 6.92 Å². The molecular weight excluding hydrogens is 382 g/mol. The van der Waals surface area contributed by atoms with Gasteiger partial charge >= 0.3 is 6.61 Å². The molecule has 0 spiro atoms. The highest BCUT2D eigenvalue weighted by Crippen LogP contribution is 2.30. The lowest BCUT2D eigenvalue weighted by Crippen LogP contribution is -2.52. The van der Waals surface area contributed by atoms with E-state index in [1.165, 1.54) is 33.9 Å². The average molecular weight is 408 g/mol. The quantitative estimate of drug-likeness (QED) is 0.661. The molecule has 10 heteroatoms. The van der Waals surface area contributed by atoms with Gasteiger partial charge in [0.25, 0.3) is 10.2 Å². The minimum absolute atomic E-state index is 0.0669. The fraction of sp³-hybridized carbons (Fsp3) is 0.647. The second-order valence-corrected chi connectivity index (χ2v) is 8.47. The molecule has 0 N–H and O–H groups in total. The van der Waals surface area contributed by atoms with Crippen molar-refractivity contribution in [1.29, 1.82) is 0 Å². The number of hydrogen-bond acceptors (Lipinski definition) is 5. The van der Waals surface area contributed by atoms with Crippen LogP contribution < -0.4 is 9.47 Å². The summed E-state index contributed by atoms with van der Waals surface area (Å²) in [5.74, 6) is 0.0617. The third kappa shape index (κ3) is 5.74. The topological polar surface area (TPSA) is 68.3 Å². The molecule has 0 amide bonds. The van der Waals surface area contributed by atoms with E-state index < -0.39 is 16.8 Å². The Balaban J connectivity index is 2.16. The van der Waals surface area contributed by atoms with Crippen molar-refractivity contribution in [1.82, 2.24) is 8.61 Å². The minimum Gasteiger partial charge on any atom is -0.490 e. The molecule has 1 aromatic rings. The number of nitrogens with zero attached hydrogens (tertiary/aromatic N) is 2. The summed E-state index contributed by atoms with van der Waals surface area (Å²) in [7, 11) is -2.21. The zero-order valence-electron chi connectivity index (χ0n) is 15.9. The summed E-state index contributed by atoms with van der Waals surface area (Å²) in [6, 6.07) is 4.40. The summed E-state index contributed by atoms with van der Waals surface area (Å²) in [5.41, 5.74) is 0.598. The fourth-order valence-corrected chi connectivity index (χ4v) is 4.47. The largest absolute Gasteiger partial charge is 0.490 e. The van der Waals surface area contributed by atoms with Crippen molar-refractivity contribution in [2.45, 2.75) is 46.1 Å². The van der Waals surface area contributed by atoms with E-state index in [0.717, 1.165) is 0 Å². The number of alkyl halides is 2. The molecule has 1 aliphatic rings. The molecule has 0 bridgehead atoms. The van der Waals surface area contributed by atoms with Gasteiger partial charge < -0.3 is 14.2 Å². The first kappa shape index (κ1) is 21.8. The Morgan fingerprint density at radius 2 is 1.89 bits per heavy atom. The maximum absolute atomic E-state index is 12.8. The molecule has 1 fully saturated rings. The van der Waals surface area contributed by atoms with E-state index in [1.807, 2.05) is 13.8 Å². The van der Waals surface area contributed by atoms with Gasteiger partial charge in [-0.25, -0.2) is 0 Å². The standard InChI is InChI=1S/C17H26F2N2O5S/c1-5-24-16-8-14(6-7-15(16)26-17(18)19)11-20(4)27(22,23)21-9-12(2)25-13(3)10-21/h6-8,12-13,17H,5,9-11H2,1-4H3. The van der Waals surface area contributed by atoms with Crippen LogP contribution in [-0.4, -0.2) is 62.6 Å². The average Bonchev–Trinajstić information content (AvgIpc) is 2.56. The van der Waals surface area contributed by atoms with E-state index in [-0.39, 0.29) is 49.9 Å². The van der Waals surface area contributed by atoms with E-state index in [9.17, 15) is 17.2 Å². The van der Waals surface area contributed by atoms with Crippen LogP contribution in [0.4, 0.5) is 8.78 Å². The molecular formula is C17H26F2N2O5S. The van der Waals surface area contributed by atoms with Crippen molar-refractivity contribution in [3.05, 3.63) is 23.8 Å². The predicted octanol–water partition coefficient (Wildman–Crippen LogP) is 2.47. The Hall–Kier alpha value is -1.49. The number of benzene rings is 1. The first-order chi connectivity index (χ1) is 12.6. The second kappa shape index (κ2) is 9.13. The number of hydrogen-bond donors (Lipinski definition) is 0. The molecule has 7 nitrogen and oxygen atoms in total. The lowest BCUT2D eigenvalue weighted by atomic mass is 10.2. The maximum atomic E-state index is 12.8. The van der Waals surface area contributed by atoms with Crippen molar-refractivity contribution in [2.75, 3.05) is 26.7 Å². The summed E-state index contributed by atoms with van der Waals surface area (Å²) >= 11 is 0. The molecule has 0 aromatic heterocycles. The van der Waals surface area contributed by atoms with Gasteiger partial charge in [0.2, 0.25) is 0 Å². The molecule has 0 saturated carbocycles. The van der Waals surface area contributed by atoms with Gasteiger partial charge in [-0.3, -0.25) is 0 Å². The third-order valence-corrected chi connectivity index (χ3v) is 5.90. The van der Waals surface area contributed by atoms with Crippen LogP contribution in [-0.2, 0) is 21.5 Å². The highest BCUT2D eigenvalue weighted by molar-refractivity contribution is 7.86. The highest BCUT2D eigenvalue weighted by atomic mass is 32.2. The van der Waals surface area contributed by atoms with Gasteiger partial charge in [0, 0.05) is 26.7 Å². The van der Waals surface area contributed by atoms with Crippen molar-refractivity contribution in [3.63, 3.8) is 0 Å². The Morgan fingerprint density at radius 1 is 1.26 bits per heavy atom. The van der Waals surface area contributed by atoms with Crippen molar-refractivity contribution in [2.24, 2.45) is 0 Å². The summed E-state index contributed by atoms with van der Waals surface area (Å²) < 4.78 is 68.6. The van der Waals surface area contributed by atoms with E-state index in [2.05, 4.69) is 4.74 Å². The number of morpholine rings is 1. The fourth-order valence-electron chi connectivity index (χ4n) is 2.97. The first-order valence-corrected chi connectivity index (χ1v) is 10.1. The molecule has 0 radical (unpaired) electrons. The van der Waals surface area contributed by atoms with Gasteiger partial charge in [0.05, 0.1) is 18.8 Å². The molecule has 0 aliphatic carbocycles. The summed E-state index contributed by atoms with van der Waals surface area (Å²) in [5, 5.41) is 0. The first-order valence-electron chi connectivity index (χ1n) is 8.70. The van der Waals surface area contributed by atoms with Crippen LogP contribution in [0.2, 0.25) is 0 Å². The van der Waals surface area contributed by atoms with Crippen LogP contribution in [0.15, 0.2) is 18.2 Å². The van der Waals surface area contributed by atoms with Crippen molar-refractivity contribution in [3.8, 4) is 11.5 Å². The van der Waals surface area contributed by atoms with E-state index >= 15 is 0 Å². The number of halogens is 2. The zero-order chi connectivity index (χ0) is 20.2. The lowest BCUT2D eigenvalue weighted by Gasteiger charge is -2.36. The SMILES string of the molecule is CCOc1cc(CN(C)S(=O)(=O)N2CC(C)OC(C)C2)ccc1OC(F)F. The molecule has 1 aliphatic heterocycles. The molecule has 2 atom stereocenters. The zero-order valence-corrected chi connectivity index (χ0v) is 16.7. The van der Waals surface area contributed by atoms with Crippen LogP contribution in [0.5, 0.6) is 11.5 Å². The molecule has 154 valence electrons. The molecule has 1 aromatic carbocycles. The van der Waals surface area contributed by atoms with Crippen LogP contribution in [0.1, 0.15) is 26.3 Å². The van der Waals surface area contributed by atoms with Gasteiger partial charge in [-0.1, -0.05) is 6.07 Å². The Morgan fingerprint density at radius 3 is 2.44 bits per heavy atom. The number of ether oxygens (including phenoxy) is 3. The highest BCUT2D eigenvalue weighted by Gasteiger charge is 2.33. The Bertz CT molecular complexity index is 722. The normalized spacial score (nSPS) is 21.6. The summed E-state index contributed by atoms with van der Waals surface area (Å²) in [6.07, 6.45) is -0.375. The second-order valence-electron chi connectivity index (χ2n) is 6.43. The molecule has 2 rings (SSSR count). The smallest absolute Gasteiger partial charge is 0.387 e. The monoisotopic (exact) mass is 408 g/mol. The lowest BCUT2D eigenvalue weighted by molar-refractivity contribution is -0.0514. The van der Waals surface area contributed by atoms with E-state index in [4.69, 9.17) is 9.47 Å². The third-order valence-electron chi connectivity index (χ3n) is 4.04. The van der Waals surface area contributed by atoms with Crippen LogP contribution in [0.25, 0.3) is 0 Å². The van der Waals surface area contributed by atoms with Gasteiger partial charge in [-0.15, -0.1) is 0 Å². The molecule has 2 unspecified atom stereocenters. The summed E-state index contributed by atoms with van der Waals surface area (Å²) in [6.45, 7) is 3.30. The van der Waals surface area contributed by atoms with Crippen molar-refractivity contribution >= 4 is 10.2 Å². The van der Waals surface area contributed by atoms with Crippen LogP contribution in [0, 0.1) is 0 Å². The number of rotatable bonds is 8. The van der Waals surface area contributed by atoms with Gasteiger partial charge in [-0.05, 0) is 38.5 Å². The van der Waals surface area contributed by atoms with E-state index in [0.29, 0.717) is 5.56 Å².